The van der Waals surface area contributed by atoms with Crippen molar-refractivity contribution >= 4 is 11.9 Å². The standard InChI is InChI=1S/C26H29N3O3/c1-3-32-26(31)21-10-14-28(15-11-21)25(30)24-16-23(20-8-12-27-13-9-20)18-29(24)17-22-7-5-4-6-19(22)2/h4-9,12-13,16,18,21H,3,10-11,14-15,17H2,1-2H3. The molecule has 1 amide bonds. The predicted octanol–water partition coefficient (Wildman–Crippen LogP) is 4.32. The number of nitrogens with zero attached hydrogens (tertiary/aromatic N) is 3. The second-order valence-corrected chi connectivity index (χ2v) is 8.22. The highest BCUT2D eigenvalue weighted by Crippen LogP contribution is 2.26. The van der Waals surface area contributed by atoms with Gasteiger partial charge in [-0.25, -0.2) is 0 Å². The number of likely N-dealkylation sites (tertiary alicyclic amines) is 1. The Bertz CT molecular complexity index is 1080. The lowest BCUT2D eigenvalue weighted by Crippen LogP contribution is -2.41. The number of piperidine rings is 1. The van der Waals surface area contributed by atoms with Crippen LogP contribution in [0.3, 0.4) is 0 Å². The van der Waals surface area contributed by atoms with Gasteiger partial charge in [-0.05, 0) is 61.6 Å². The van der Waals surface area contributed by atoms with Crippen molar-refractivity contribution in [3.63, 3.8) is 0 Å². The average molecular weight is 432 g/mol. The van der Waals surface area contributed by atoms with Gasteiger partial charge in [0.1, 0.15) is 5.69 Å². The van der Waals surface area contributed by atoms with Crippen molar-refractivity contribution in [1.29, 1.82) is 0 Å². The van der Waals surface area contributed by atoms with E-state index in [-0.39, 0.29) is 17.8 Å². The summed E-state index contributed by atoms with van der Waals surface area (Å²) in [7, 11) is 0. The predicted molar refractivity (Wildman–Crippen MR) is 123 cm³/mol. The maximum absolute atomic E-state index is 13.5. The number of amides is 1. The molecule has 0 bridgehead atoms. The van der Waals surface area contributed by atoms with Crippen molar-refractivity contribution in [2.75, 3.05) is 19.7 Å². The third kappa shape index (κ3) is 4.74. The largest absolute Gasteiger partial charge is 0.466 e. The van der Waals surface area contributed by atoms with Crippen LogP contribution in [0.4, 0.5) is 0 Å². The molecule has 1 aliphatic heterocycles. The minimum atomic E-state index is -0.150. The summed E-state index contributed by atoms with van der Waals surface area (Å²) in [4.78, 5) is 31.5. The molecule has 2 aromatic heterocycles. The van der Waals surface area contributed by atoms with E-state index >= 15 is 0 Å². The molecule has 3 aromatic rings. The van der Waals surface area contributed by atoms with Crippen molar-refractivity contribution in [3.8, 4) is 11.1 Å². The molecule has 6 heteroatoms. The number of carbonyl (C=O) groups is 2. The molecule has 0 radical (unpaired) electrons. The molecular weight excluding hydrogens is 402 g/mol. The third-order valence-electron chi connectivity index (χ3n) is 6.13. The molecule has 0 aliphatic carbocycles. The van der Waals surface area contributed by atoms with Gasteiger partial charge in [-0.3, -0.25) is 14.6 Å². The van der Waals surface area contributed by atoms with Gasteiger partial charge in [0, 0.05) is 43.8 Å². The molecule has 3 heterocycles. The van der Waals surface area contributed by atoms with E-state index in [0.717, 1.165) is 11.1 Å². The van der Waals surface area contributed by atoms with Crippen LogP contribution < -0.4 is 0 Å². The molecule has 0 spiro atoms. The number of ether oxygens (including phenoxy) is 1. The second-order valence-electron chi connectivity index (χ2n) is 8.22. The Morgan fingerprint density at radius 2 is 1.78 bits per heavy atom. The van der Waals surface area contributed by atoms with Crippen LogP contribution in [0, 0.1) is 12.8 Å². The number of aryl methyl sites for hydroxylation is 1. The summed E-state index contributed by atoms with van der Waals surface area (Å²) in [6.45, 7) is 6.04. The highest BCUT2D eigenvalue weighted by Gasteiger charge is 2.30. The summed E-state index contributed by atoms with van der Waals surface area (Å²) in [6, 6.07) is 14.1. The van der Waals surface area contributed by atoms with E-state index < -0.39 is 0 Å². The number of pyridine rings is 1. The molecule has 4 rings (SSSR count). The summed E-state index contributed by atoms with van der Waals surface area (Å²) in [5, 5.41) is 0. The summed E-state index contributed by atoms with van der Waals surface area (Å²) >= 11 is 0. The van der Waals surface area contributed by atoms with E-state index in [2.05, 4.69) is 24.0 Å². The molecule has 0 saturated carbocycles. The Morgan fingerprint density at radius 3 is 2.47 bits per heavy atom. The van der Waals surface area contributed by atoms with Gasteiger partial charge in [-0.2, -0.15) is 0 Å². The van der Waals surface area contributed by atoms with Crippen LogP contribution in [0.2, 0.25) is 0 Å². The smallest absolute Gasteiger partial charge is 0.309 e. The minimum Gasteiger partial charge on any atom is -0.466 e. The van der Waals surface area contributed by atoms with E-state index in [4.69, 9.17) is 4.74 Å². The first-order chi connectivity index (χ1) is 15.6. The first-order valence-electron chi connectivity index (χ1n) is 11.2. The molecule has 32 heavy (non-hydrogen) atoms. The Hall–Kier alpha value is -3.41. The molecule has 166 valence electrons. The monoisotopic (exact) mass is 431 g/mol. The van der Waals surface area contributed by atoms with Gasteiger partial charge in [-0.1, -0.05) is 24.3 Å². The summed E-state index contributed by atoms with van der Waals surface area (Å²) in [5.41, 5.74) is 5.05. The van der Waals surface area contributed by atoms with Crippen molar-refractivity contribution in [2.24, 2.45) is 5.92 Å². The molecule has 0 atom stereocenters. The fraction of sp³-hybridized carbons (Fsp3) is 0.346. The van der Waals surface area contributed by atoms with Crippen LogP contribution in [0.25, 0.3) is 11.1 Å². The number of carbonyl (C=O) groups excluding carboxylic acids is 2. The van der Waals surface area contributed by atoms with Crippen molar-refractivity contribution in [3.05, 3.63) is 77.9 Å². The number of rotatable bonds is 6. The number of hydrogen-bond acceptors (Lipinski definition) is 4. The zero-order valence-corrected chi connectivity index (χ0v) is 18.7. The van der Waals surface area contributed by atoms with Crippen LogP contribution in [-0.2, 0) is 16.1 Å². The lowest BCUT2D eigenvalue weighted by Gasteiger charge is -2.31. The molecule has 1 aliphatic rings. The van der Waals surface area contributed by atoms with Crippen LogP contribution in [0.1, 0.15) is 41.4 Å². The molecule has 6 nitrogen and oxygen atoms in total. The Labute approximate surface area is 188 Å². The van der Waals surface area contributed by atoms with Gasteiger partial charge in [0.15, 0.2) is 0 Å². The van der Waals surface area contributed by atoms with Gasteiger partial charge < -0.3 is 14.2 Å². The van der Waals surface area contributed by atoms with E-state index in [0.29, 0.717) is 44.8 Å². The molecular formula is C26H29N3O3. The third-order valence-corrected chi connectivity index (χ3v) is 6.13. The Morgan fingerprint density at radius 1 is 1.06 bits per heavy atom. The quantitative estimate of drug-likeness (QED) is 0.545. The fourth-order valence-electron chi connectivity index (χ4n) is 4.23. The van der Waals surface area contributed by atoms with Crippen LogP contribution in [0.15, 0.2) is 61.1 Å². The van der Waals surface area contributed by atoms with E-state index in [1.54, 1.807) is 12.4 Å². The summed E-state index contributed by atoms with van der Waals surface area (Å²) < 4.78 is 7.20. The zero-order chi connectivity index (χ0) is 22.5. The van der Waals surface area contributed by atoms with Gasteiger partial charge >= 0.3 is 5.97 Å². The van der Waals surface area contributed by atoms with Crippen LogP contribution in [-0.4, -0.2) is 46.0 Å². The lowest BCUT2D eigenvalue weighted by atomic mass is 9.97. The summed E-state index contributed by atoms with van der Waals surface area (Å²) in [5.74, 6) is -0.270. The highest BCUT2D eigenvalue weighted by atomic mass is 16.5. The second kappa shape index (κ2) is 9.81. The SMILES string of the molecule is CCOC(=O)C1CCN(C(=O)c2cc(-c3ccncc3)cn2Cc2ccccc2C)CC1. The number of aromatic nitrogens is 2. The number of benzene rings is 1. The Balaban J connectivity index is 1.59. The van der Waals surface area contributed by atoms with Crippen LogP contribution >= 0.6 is 0 Å². The topological polar surface area (TPSA) is 64.4 Å². The minimum absolute atomic E-state index is 0.00111. The van der Waals surface area contributed by atoms with E-state index in [1.807, 2.05) is 52.9 Å². The lowest BCUT2D eigenvalue weighted by molar-refractivity contribution is -0.149. The zero-order valence-electron chi connectivity index (χ0n) is 18.7. The number of esters is 1. The molecule has 1 aromatic carbocycles. The maximum Gasteiger partial charge on any atom is 0.309 e. The molecule has 0 N–H and O–H groups in total. The molecule has 1 fully saturated rings. The van der Waals surface area contributed by atoms with E-state index in [1.165, 1.54) is 11.1 Å². The van der Waals surface area contributed by atoms with Gasteiger partial charge in [0.2, 0.25) is 0 Å². The van der Waals surface area contributed by atoms with Crippen molar-refractivity contribution in [2.45, 2.75) is 33.2 Å². The van der Waals surface area contributed by atoms with Gasteiger partial charge in [0.05, 0.1) is 12.5 Å². The average Bonchev–Trinajstić information content (AvgIpc) is 3.25. The first kappa shape index (κ1) is 21.8. The van der Waals surface area contributed by atoms with Crippen LogP contribution in [0.5, 0.6) is 0 Å². The van der Waals surface area contributed by atoms with E-state index in [9.17, 15) is 9.59 Å². The summed E-state index contributed by atoms with van der Waals surface area (Å²) in [6.07, 6.45) is 6.84. The normalized spacial score (nSPS) is 14.4. The number of hydrogen-bond donors (Lipinski definition) is 0. The fourth-order valence-corrected chi connectivity index (χ4v) is 4.23. The first-order valence-corrected chi connectivity index (χ1v) is 11.2. The maximum atomic E-state index is 13.5. The highest BCUT2D eigenvalue weighted by molar-refractivity contribution is 5.94. The van der Waals surface area contributed by atoms with Gasteiger partial charge in [-0.15, -0.1) is 0 Å². The molecule has 1 saturated heterocycles. The van der Waals surface area contributed by atoms with Gasteiger partial charge in [0.25, 0.3) is 5.91 Å². The molecule has 0 unspecified atom stereocenters. The Kier molecular flexibility index (Phi) is 6.69. The van der Waals surface area contributed by atoms with Crippen molar-refractivity contribution < 1.29 is 14.3 Å². The van der Waals surface area contributed by atoms with Crippen molar-refractivity contribution in [1.82, 2.24) is 14.5 Å².